The van der Waals surface area contributed by atoms with E-state index in [0.717, 1.165) is 27.3 Å². The predicted molar refractivity (Wildman–Crippen MR) is 113 cm³/mol. The van der Waals surface area contributed by atoms with Crippen molar-refractivity contribution >= 4 is 29.3 Å². The topological polar surface area (TPSA) is 51.2 Å². The van der Waals surface area contributed by atoms with Crippen LogP contribution in [0.5, 0.6) is 5.75 Å². The molecule has 1 amide bonds. The van der Waals surface area contributed by atoms with Crippen LogP contribution in [0.3, 0.4) is 0 Å². The molecule has 1 aromatic heterocycles. The van der Waals surface area contributed by atoms with Gasteiger partial charge in [-0.1, -0.05) is 11.6 Å². The molecule has 0 spiro atoms. The van der Waals surface area contributed by atoms with Gasteiger partial charge >= 0.3 is 0 Å². The maximum absolute atomic E-state index is 12.4. The van der Waals surface area contributed by atoms with Crippen LogP contribution in [-0.4, -0.2) is 29.8 Å². The summed E-state index contributed by atoms with van der Waals surface area (Å²) in [5, 5.41) is 3.65. The number of nitrogens with zero attached hydrogens (tertiary/aromatic N) is 1. The third-order valence-electron chi connectivity index (χ3n) is 4.70. The fraction of sp³-hybridized carbons (Fsp3) is 0.182. The van der Waals surface area contributed by atoms with Crippen molar-refractivity contribution < 1.29 is 9.53 Å². The number of ether oxygens (including phenoxy) is 1. The number of halogens is 1. The zero-order chi connectivity index (χ0) is 19.5. The summed E-state index contributed by atoms with van der Waals surface area (Å²) in [6.07, 6.45) is 6.09. The molecule has 1 N–H and O–H groups in total. The molecule has 1 atom stereocenters. The van der Waals surface area contributed by atoms with Gasteiger partial charge in [0.2, 0.25) is 0 Å². The summed E-state index contributed by atoms with van der Waals surface area (Å²) in [6.45, 7) is 0.436. The van der Waals surface area contributed by atoms with Crippen molar-refractivity contribution in [2.24, 2.45) is 0 Å². The largest absolute Gasteiger partial charge is 0.487 e. The minimum absolute atomic E-state index is 0.0976. The lowest BCUT2D eigenvalue weighted by molar-refractivity contribution is 0.0933. The number of amides is 1. The molecule has 0 saturated heterocycles. The molecule has 3 aromatic rings. The minimum Gasteiger partial charge on any atom is -0.487 e. The molecule has 0 saturated carbocycles. The summed E-state index contributed by atoms with van der Waals surface area (Å²) in [7, 11) is 0. The molecule has 4 rings (SSSR count). The Bertz CT molecular complexity index is 993. The normalized spacial score (nSPS) is 15.0. The van der Waals surface area contributed by atoms with Gasteiger partial charge in [-0.2, -0.15) is 0 Å². The van der Waals surface area contributed by atoms with Crippen molar-refractivity contribution in [2.45, 2.75) is 17.4 Å². The first-order chi connectivity index (χ1) is 13.6. The molecule has 0 fully saturated rings. The van der Waals surface area contributed by atoms with E-state index >= 15 is 0 Å². The molecule has 0 bridgehead atoms. The fourth-order valence-electron chi connectivity index (χ4n) is 3.31. The summed E-state index contributed by atoms with van der Waals surface area (Å²) >= 11 is 7.97. The van der Waals surface area contributed by atoms with E-state index in [1.807, 2.05) is 54.8 Å². The highest BCUT2D eigenvalue weighted by molar-refractivity contribution is 7.98. The molecular formula is C22H19ClN2O2S. The Kier molecular flexibility index (Phi) is 5.55. The van der Waals surface area contributed by atoms with Crippen LogP contribution in [0.15, 0.2) is 65.8 Å². The molecule has 4 nitrogen and oxygen atoms in total. The van der Waals surface area contributed by atoms with Crippen LogP contribution in [0, 0.1) is 0 Å². The maximum Gasteiger partial charge on any atom is 0.251 e. The Morgan fingerprint density at radius 1 is 1.21 bits per heavy atom. The number of carbonyl (C=O) groups excluding carboxylic acids is 1. The molecule has 28 heavy (non-hydrogen) atoms. The number of benzene rings is 2. The minimum atomic E-state index is -0.122. The average Bonchev–Trinajstić information content (AvgIpc) is 3.14. The van der Waals surface area contributed by atoms with E-state index in [1.54, 1.807) is 24.2 Å². The van der Waals surface area contributed by atoms with E-state index in [1.165, 1.54) is 0 Å². The second-order valence-corrected chi connectivity index (χ2v) is 7.88. The number of thioether (sulfide) groups is 1. The van der Waals surface area contributed by atoms with Crippen molar-refractivity contribution in [1.82, 2.24) is 10.3 Å². The van der Waals surface area contributed by atoms with Crippen LogP contribution >= 0.6 is 23.4 Å². The summed E-state index contributed by atoms with van der Waals surface area (Å²) < 4.78 is 6.17. The summed E-state index contributed by atoms with van der Waals surface area (Å²) in [4.78, 5) is 17.6. The molecule has 142 valence electrons. The van der Waals surface area contributed by atoms with E-state index in [4.69, 9.17) is 16.3 Å². The number of nitrogens with one attached hydrogen (secondary N) is 1. The van der Waals surface area contributed by atoms with Gasteiger partial charge in [-0.25, -0.2) is 0 Å². The van der Waals surface area contributed by atoms with Gasteiger partial charge < -0.3 is 10.1 Å². The number of hydrogen-bond acceptors (Lipinski definition) is 4. The quantitative estimate of drug-likeness (QED) is 0.610. The first-order valence-corrected chi connectivity index (χ1v) is 10.6. The summed E-state index contributed by atoms with van der Waals surface area (Å²) in [6, 6.07) is 15.3. The van der Waals surface area contributed by atoms with Crippen molar-refractivity contribution in [3.8, 4) is 16.9 Å². The molecule has 0 aliphatic carbocycles. The molecule has 1 unspecified atom stereocenters. The van der Waals surface area contributed by atoms with Gasteiger partial charge in [-0.05, 0) is 60.4 Å². The van der Waals surface area contributed by atoms with E-state index < -0.39 is 0 Å². The lowest BCUT2D eigenvalue weighted by atomic mass is 10.0. The second-order valence-electron chi connectivity index (χ2n) is 6.56. The molecule has 0 radical (unpaired) electrons. The van der Waals surface area contributed by atoms with Crippen molar-refractivity contribution in [2.75, 3.05) is 12.8 Å². The van der Waals surface area contributed by atoms with Crippen LogP contribution < -0.4 is 10.1 Å². The first-order valence-electron chi connectivity index (χ1n) is 8.96. The van der Waals surface area contributed by atoms with Gasteiger partial charge in [0.25, 0.3) is 5.91 Å². The summed E-state index contributed by atoms with van der Waals surface area (Å²) in [5.74, 6) is 0.735. The third kappa shape index (κ3) is 4.01. The first kappa shape index (κ1) is 18.8. The van der Waals surface area contributed by atoms with Crippen LogP contribution in [0.2, 0.25) is 5.02 Å². The van der Waals surface area contributed by atoms with E-state index in [-0.39, 0.29) is 12.0 Å². The highest BCUT2D eigenvalue weighted by Crippen LogP contribution is 2.40. The Morgan fingerprint density at radius 3 is 2.68 bits per heavy atom. The average molecular weight is 411 g/mol. The highest BCUT2D eigenvalue weighted by atomic mass is 35.5. The van der Waals surface area contributed by atoms with Gasteiger partial charge in [-0.15, -0.1) is 11.8 Å². The number of fused-ring (bicyclic) bond motifs is 1. The highest BCUT2D eigenvalue weighted by Gasteiger charge is 2.27. The summed E-state index contributed by atoms with van der Waals surface area (Å²) in [5.41, 5.74) is 3.66. The Hall–Kier alpha value is -2.50. The van der Waals surface area contributed by atoms with Gasteiger partial charge in [0.15, 0.2) is 0 Å². The zero-order valence-corrected chi connectivity index (χ0v) is 16.9. The fourth-order valence-corrected chi connectivity index (χ4v) is 3.95. The molecule has 1 aliphatic heterocycles. The maximum atomic E-state index is 12.4. The predicted octanol–water partition coefficient (Wildman–Crippen LogP) is 4.86. The third-order valence-corrected chi connectivity index (χ3v) is 5.66. The molecular weight excluding hydrogens is 392 g/mol. The van der Waals surface area contributed by atoms with Crippen LogP contribution in [0.25, 0.3) is 11.1 Å². The standard InChI is InChI=1S/C22H19ClN2O2S/c1-28-19-4-2-15(3-5-19)22(26)25-13-18-11-16-10-17(23)12-20(21(16)27-18)14-6-8-24-9-7-14/h2-10,12,18H,11,13H2,1H3,(H,25,26). The van der Waals surface area contributed by atoms with Gasteiger partial charge in [0.1, 0.15) is 11.9 Å². The number of rotatable bonds is 5. The smallest absolute Gasteiger partial charge is 0.251 e. The second kappa shape index (κ2) is 8.25. The number of hydrogen-bond donors (Lipinski definition) is 1. The zero-order valence-electron chi connectivity index (χ0n) is 15.3. The molecule has 6 heteroatoms. The number of carbonyl (C=O) groups is 1. The SMILES string of the molecule is CSc1ccc(C(=O)NCC2Cc3cc(Cl)cc(-c4ccncc4)c3O2)cc1. The lowest BCUT2D eigenvalue weighted by Crippen LogP contribution is -2.34. The Balaban J connectivity index is 1.46. The lowest BCUT2D eigenvalue weighted by Gasteiger charge is -2.14. The van der Waals surface area contributed by atoms with E-state index in [0.29, 0.717) is 23.6 Å². The van der Waals surface area contributed by atoms with Gasteiger partial charge in [-0.3, -0.25) is 9.78 Å². The van der Waals surface area contributed by atoms with E-state index in [2.05, 4.69) is 10.3 Å². The Morgan fingerprint density at radius 2 is 1.96 bits per heavy atom. The molecule has 2 aromatic carbocycles. The van der Waals surface area contributed by atoms with Gasteiger partial charge in [0.05, 0.1) is 6.54 Å². The van der Waals surface area contributed by atoms with Crippen molar-refractivity contribution in [3.63, 3.8) is 0 Å². The van der Waals surface area contributed by atoms with Crippen LogP contribution in [0.1, 0.15) is 15.9 Å². The van der Waals surface area contributed by atoms with E-state index in [9.17, 15) is 4.79 Å². The van der Waals surface area contributed by atoms with Gasteiger partial charge in [0, 0.05) is 45.4 Å². The van der Waals surface area contributed by atoms with Crippen molar-refractivity contribution in [3.05, 3.63) is 77.1 Å². The Labute approximate surface area is 173 Å². The van der Waals surface area contributed by atoms with Crippen LogP contribution in [0.4, 0.5) is 0 Å². The van der Waals surface area contributed by atoms with Crippen LogP contribution in [-0.2, 0) is 6.42 Å². The van der Waals surface area contributed by atoms with Crippen molar-refractivity contribution in [1.29, 1.82) is 0 Å². The monoisotopic (exact) mass is 410 g/mol. The molecule has 1 aliphatic rings. The number of pyridine rings is 1. The number of aromatic nitrogens is 1. The molecule has 2 heterocycles.